The SMILES string of the molecule is C[C@@H]1[C@H](NC(=O)c2cn(Cc3ccccc3)nn2)C(=O)N(C)c2nccnc2[C@@H]1C. The van der Waals surface area contributed by atoms with Crippen LogP contribution in [0.5, 0.6) is 0 Å². The molecule has 3 heterocycles. The first-order valence-corrected chi connectivity index (χ1v) is 9.79. The van der Waals surface area contributed by atoms with Gasteiger partial charge in [-0.05, 0) is 11.5 Å². The van der Waals surface area contributed by atoms with E-state index < -0.39 is 11.9 Å². The van der Waals surface area contributed by atoms with Crippen LogP contribution >= 0.6 is 0 Å². The monoisotopic (exact) mass is 405 g/mol. The van der Waals surface area contributed by atoms with Gasteiger partial charge in [-0.2, -0.15) is 0 Å². The van der Waals surface area contributed by atoms with Crippen molar-refractivity contribution in [2.24, 2.45) is 5.92 Å². The highest BCUT2D eigenvalue weighted by atomic mass is 16.2. The Hall–Kier alpha value is -3.62. The highest BCUT2D eigenvalue weighted by Gasteiger charge is 2.39. The first-order chi connectivity index (χ1) is 14.5. The van der Waals surface area contributed by atoms with E-state index in [-0.39, 0.29) is 23.4 Å². The smallest absolute Gasteiger partial charge is 0.274 e. The van der Waals surface area contributed by atoms with Gasteiger partial charge in [0, 0.05) is 25.4 Å². The summed E-state index contributed by atoms with van der Waals surface area (Å²) < 4.78 is 1.60. The van der Waals surface area contributed by atoms with Crippen LogP contribution in [-0.4, -0.2) is 49.9 Å². The van der Waals surface area contributed by atoms with Gasteiger partial charge in [-0.3, -0.25) is 19.5 Å². The number of likely N-dealkylation sites (N-methyl/N-ethyl adjacent to an activating group) is 1. The lowest BCUT2D eigenvalue weighted by molar-refractivity contribution is -0.121. The summed E-state index contributed by atoms with van der Waals surface area (Å²) in [5.41, 5.74) is 1.96. The molecule has 30 heavy (non-hydrogen) atoms. The molecule has 0 radical (unpaired) electrons. The van der Waals surface area contributed by atoms with E-state index in [2.05, 4.69) is 25.6 Å². The van der Waals surface area contributed by atoms with Crippen molar-refractivity contribution in [3.8, 4) is 0 Å². The maximum Gasteiger partial charge on any atom is 0.274 e. The number of nitrogens with one attached hydrogen (secondary N) is 1. The van der Waals surface area contributed by atoms with Gasteiger partial charge in [-0.25, -0.2) is 9.67 Å². The van der Waals surface area contributed by atoms with Gasteiger partial charge in [0.2, 0.25) is 0 Å². The van der Waals surface area contributed by atoms with Crippen molar-refractivity contribution in [3.05, 3.63) is 65.9 Å². The molecule has 0 saturated heterocycles. The Balaban J connectivity index is 1.52. The van der Waals surface area contributed by atoms with Crippen molar-refractivity contribution in [2.75, 3.05) is 11.9 Å². The Morgan fingerprint density at radius 2 is 1.87 bits per heavy atom. The average Bonchev–Trinajstić information content (AvgIpc) is 3.22. The molecular weight excluding hydrogens is 382 g/mol. The van der Waals surface area contributed by atoms with Crippen LogP contribution in [0.15, 0.2) is 48.9 Å². The van der Waals surface area contributed by atoms with Crippen LogP contribution in [0.4, 0.5) is 5.82 Å². The van der Waals surface area contributed by atoms with Crippen LogP contribution < -0.4 is 10.2 Å². The molecule has 9 heteroatoms. The van der Waals surface area contributed by atoms with Crippen LogP contribution in [0.1, 0.15) is 41.5 Å². The fourth-order valence-electron chi connectivity index (χ4n) is 3.66. The summed E-state index contributed by atoms with van der Waals surface area (Å²) >= 11 is 0. The lowest BCUT2D eigenvalue weighted by atomic mass is 9.87. The van der Waals surface area contributed by atoms with Crippen molar-refractivity contribution in [3.63, 3.8) is 0 Å². The Morgan fingerprint density at radius 3 is 2.63 bits per heavy atom. The Labute approximate surface area is 174 Å². The number of hydrogen-bond donors (Lipinski definition) is 1. The third kappa shape index (κ3) is 3.66. The molecule has 1 aliphatic heterocycles. The number of anilines is 1. The van der Waals surface area contributed by atoms with Gasteiger partial charge < -0.3 is 5.32 Å². The fourth-order valence-corrected chi connectivity index (χ4v) is 3.66. The van der Waals surface area contributed by atoms with E-state index in [0.717, 1.165) is 11.3 Å². The molecule has 3 atom stereocenters. The predicted octanol–water partition coefficient (Wildman–Crippen LogP) is 1.63. The van der Waals surface area contributed by atoms with Gasteiger partial charge in [0.1, 0.15) is 6.04 Å². The molecule has 154 valence electrons. The van der Waals surface area contributed by atoms with E-state index >= 15 is 0 Å². The molecule has 4 rings (SSSR count). The number of rotatable bonds is 4. The van der Waals surface area contributed by atoms with Crippen molar-refractivity contribution in [1.29, 1.82) is 0 Å². The molecule has 2 amide bonds. The van der Waals surface area contributed by atoms with Crippen molar-refractivity contribution >= 4 is 17.6 Å². The minimum atomic E-state index is -0.729. The zero-order chi connectivity index (χ0) is 21.3. The van der Waals surface area contributed by atoms with E-state index in [0.29, 0.717) is 12.4 Å². The molecule has 0 saturated carbocycles. The number of nitrogens with zero attached hydrogens (tertiary/aromatic N) is 6. The normalized spacial score (nSPS) is 21.1. The molecule has 0 bridgehead atoms. The van der Waals surface area contributed by atoms with Gasteiger partial charge >= 0.3 is 0 Å². The van der Waals surface area contributed by atoms with E-state index in [4.69, 9.17) is 0 Å². The second kappa shape index (κ2) is 8.02. The molecule has 0 unspecified atom stereocenters. The van der Waals surface area contributed by atoms with E-state index in [9.17, 15) is 9.59 Å². The zero-order valence-electron chi connectivity index (χ0n) is 17.1. The van der Waals surface area contributed by atoms with Crippen molar-refractivity contribution in [1.82, 2.24) is 30.3 Å². The second-order valence-electron chi connectivity index (χ2n) is 7.55. The molecule has 0 fully saturated rings. The van der Waals surface area contributed by atoms with Crippen molar-refractivity contribution in [2.45, 2.75) is 32.4 Å². The van der Waals surface area contributed by atoms with E-state index in [1.807, 2.05) is 44.2 Å². The van der Waals surface area contributed by atoms with Gasteiger partial charge in [0.25, 0.3) is 11.8 Å². The summed E-state index contributed by atoms with van der Waals surface area (Å²) in [7, 11) is 1.65. The molecule has 0 spiro atoms. The quantitative estimate of drug-likeness (QED) is 0.707. The minimum absolute atomic E-state index is 0.0679. The van der Waals surface area contributed by atoms with E-state index in [1.165, 1.54) is 4.90 Å². The summed E-state index contributed by atoms with van der Waals surface area (Å²) in [6, 6.07) is 9.05. The molecular formula is C21H23N7O2. The summed E-state index contributed by atoms with van der Waals surface area (Å²) in [5.74, 6) is -0.402. The largest absolute Gasteiger partial charge is 0.338 e. The molecule has 0 aliphatic carbocycles. The standard InChI is InChI=1S/C21H23N7O2/c1-13-14(2)18(21(30)27(3)19-17(13)22-9-10-23-19)24-20(29)16-12-28(26-25-16)11-15-7-5-4-6-8-15/h4-10,12-14,18H,11H2,1-3H3,(H,24,29)/t13-,14+,18+/m1/s1. The summed E-state index contributed by atoms with van der Waals surface area (Å²) in [4.78, 5) is 36.1. The second-order valence-corrected chi connectivity index (χ2v) is 7.55. The molecule has 9 nitrogen and oxygen atoms in total. The van der Waals surface area contributed by atoms with Gasteiger partial charge in [-0.15, -0.1) is 5.10 Å². The number of hydrogen-bond acceptors (Lipinski definition) is 6. The lowest BCUT2D eigenvalue weighted by Crippen LogP contribution is -2.50. The summed E-state index contributed by atoms with van der Waals surface area (Å²) in [5, 5.41) is 10.9. The topological polar surface area (TPSA) is 106 Å². The summed E-state index contributed by atoms with van der Waals surface area (Å²) in [6.07, 6.45) is 4.76. The minimum Gasteiger partial charge on any atom is -0.338 e. The van der Waals surface area contributed by atoms with Crippen LogP contribution in [0.2, 0.25) is 0 Å². The van der Waals surface area contributed by atoms with Crippen LogP contribution in [0, 0.1) is 5.92 Å². The molecule has 3 aromatic rings. The zero-order valence-corrected chi connectivity index (χ0v) is 17.1. The number of fused-ring (bicyclic) bond motifs is 1. The molecule has 1 aliphatic rings. The third-order valence-corrected chi connectivity index (χ3v) is 5.61. The number of aromatic nitrogens is 5. The van der Waals surface area contributed by atoms with Crippen LogP contribution in [0.3, 0.4) is 0 Å². The molecule has 1 N–H and O–H groups in total. The highest BCUT2D eigenvalue weighted by Crippen LogP contribution is 2.34. The van der Waals surface area contributed by atoms with Gasteiger partial charge in [-0.1, -0.05) is 49.4 Å². The first kappa shape index (κ1) is 19.7. The highest BCUT2D eigenvalue weighted by molar-refractivity contribution is 6.02. The van der Waals surface area contributed by atoms with Crippen LogP contribution in [-0.2, 0) is 11.3 Å². The number of carbonyl (C=O) groups is 2. The number of carbonyl (C=O) groups excluding carboxylic acids is 2. The predicted molar refractivity (Wildman–Crippen MR) is 110 cm³/mol. The Kier molecular flexibility index (Phi) is 5.26. The third-order valence-electron chi connectivity index (χ3n) is 5.61. The van der Waals surface area contributed by atoms with Gasteiger partial charge in [0.15, 0.2) is 11.5 Å². The maximum atomic E-state index is 13.1. The maximum absolute atomic E-state index is 13.1. The Morgan fingerprint density at radius 1 is 1.13 bits per heavy atom. The molecule has 2 aromatic heterocycles. The molecule has 1 aromatic carbocycles. The summed E-state index contributed by atoms with van der Waals surface area (Å²) in [6.45, 7) is 4.42. The van der Waals surface area contributed by atoms with Crippen molar-refractivity contribution < 1.29 is 9.59 Å². The first-order valence-electron chi connectivity index (χ1n) is 9.79. The lowest BCUT2D eigenvalue weighted by Gasteiger charge is -2.26. The van der Waals surface area contributed by atoms with E-state index in [1.54, 1.807) is 30.3 Å². The number of amides is 2. The fraction of sp³-hybridized carbons (Fsp3) is 0.333. The Bertz CT molecular complexity index is 1070. The average molecular weight is 405 g/mol. The van der Waals surface area contributed by atoms with Gasteiger partial charge in [0.05, 0.1) is 18.4 Å². The van der Waals surface area contributed by atoms with Crippen LogP contribution in [0.25, 0.3) is 0 Å². The number of benzene rings is 1.